The first-order chi connectivity index (χ1) is 40.5. The van der Waals surface area contributed by atoms with Crippen molar-refractivity contribution in [2.75, 3.05) is 13.2 Å². The van der Waals surface area contributed by atoms with E-state index in [4.69, 9.17) is 14.2 Å². The number of unbranched alkanes of at least 4 members (excludes halogenated alkanes) is 19. The van der Waals surface area contributed by atoms with E-state index in [1.807, 2.05) is 0 Å². The van der Waals surface area contributed by atoms with E-state index in [0.717, 1.165) is 167 Å². The van der Waals surface area contributed by atoms with Crippen LogP contribution in [0.15, 0.2) is 170 Å². The van der Waals surface area contributed by atoms with Crippen molar-refractivity contribution in [3.8, 4) is 0 Å². The van der Waals surface area contributed by atoms with Gasteiger partial charge in [0.1, 0.15) is 13.2 Å². The third-order valence-electron chi connectivity index (χ3n) is 13.5. The molecule has 0 radical (unpaired) electrons. The van der Waals surface area contributed by atoms with Crippen molar-refractivity contribution in [1.82, 2.24) is 0 Å². The summed E-state index contributed by atoms with van der Waals surface area (Å²) in [7, 11) is 0. The Bertz CT molecular complexity index is 1870. The minimum absolute atomic E-state index is 0.0929. The number of hydrogen-bond donors (Lipinski definition) is 0. The smallest absolute Gasteiger partial charge is 0.306 e. The quantitative estimate of drug-likeness (QED) is 0.0261. The van der Waals surface area contributed by atoms with Crippen LogP contribution in [-0.2, 0) is 28.6 Å². The van der Waals surface area contributed by atoms with Crippen LogP contribution in [0.1, 0.15) is 271 Å². The number of allylic oxidation sites excluding steroid dienone is 28. The monoisotopic (exact) mass is 1130 g/mol. The second-order valence-corrected chi connectivity index (χ2v) is 21.3. The van der Waals surface area contributed by atoms with E-state index >= 15 is 0 Å². The first-order valence-corrected chi connectivity index (χ1v) is 33.1. The van der Waals surface area contributed by atoms with E-state index in [-0.39, 0.29) is 31.1 Å². The Labute approximate surface area is 504 Å². The summed E-state index contributed by atoms with van der Waals surface area (Å²) in [5.41, 5.74) is 0. The fourth-order valence-electron chi connectivity index (χ4n) is 8.58. The molecule has 0 heterocycles. The zero-order valence-electron chi connectivity index (χ0n) is 52.7. The number of rotatable bonds is 58. The van der Waals surface area contributed by atoms with E-state index in [1.165, 1.54) is 64.2 Å². The fraction of sp³-hybridized carbons (Fsp3) is 0.592. The Morgan fingerprint density at radius 2 is 0.476 bits per heavy atom. The largest absolute Gasteiger partial charge is 0.462 e. The molecule has 82 heavy (non-hydrogen) atoms. The summed E-state index contributed by atoms with van der Waals surface area (Å²) in [4.78, 5) is 38.1. The summed E-state index contributed by atoms with van der Waals surface area (Å²) in [6.45, 7) is 6.33. The molecule has 1 unspecified atom stereocenters. The molecule has 0 aliphatic carbocycles. The molecule has 0 rings (SSSR count). The predicted molar refractivity (Wildman–Crippen MR) is 357 cm³/mol. The minimum atomic E-state index is -0.795. The summed E-state index contributed by atoms with van der Waals surface area (Å²) in [5, 5.41) is 0. The van der Waals surface area contributed by atoms with Crippen LogP contribution in [-0.4, -0.2) is 37.2 Å². The summed E-state index contributed by atoms with van der Waals surface area (Å²) in [5.74, 6) is -0.930. The van der Waals surface area contributed by atoms with Crippen LogP contribution in [0.5, 0.6) is 0 Å². The topological polar surface area (TPSA) is 78.9 Å². The zero-order valence-corrected chi connectivity index (χ0v) is 52.7. The number of carbonyl (C=O) groups is 3. The van der Waals surface area contributed by atoms with Crippen LogP contribution < -0.4 is 0 Å². The number of hydrogen-bond acceptors (Lipinski definition) is 6. The number of ether oxygens (including phenoxy) is 3. The molecular formula is C76H120O6. The normalized spacial score (nSPS) is 13.3. The highest BCUT2D eigenvalue weighted by molar-refractivity contribution is 5.71. The van der Waals surface area contributed by atoms with Gasteiger partial charge >= 0.3 is 17.9 Å². The lowest BCUT2D eigenvalue weighted by atomic mass is 10.1. The Kier molecular flexibility index (Phi) is 63.9. The van der Waals surface area contributed by atoms with Gasteiger partial charge in [-0.05, 0) is 135 Å². The van der Waals surface area contributed by atoms with Crippen molar-refractivity contribution in [2.24, 2.45) is 0 Å². The van der Waals surface area contributed by atoms with E-state index in [0.29, 0.717) is 19.3 Å². The summed E-state index contributed by atoms with van der Waals surface area (Å²) in [6, 6.07) is 0. The Hall–Kier alpha value is -5.23. The van der Waals surface area contributed by atoms with Crippen LogP contribution in [0.2, 0.25) is 0 Å². The maximum Gasteiger partial charge on any atom is 0.306 e. The number of carbonyl (C=O) groups excluding carboxylic acids is 3. The fourth-order valence-corrected chi connectivity index (χ4v) is 8.58. The van der Waals surface area contributed by atoms with Crippen LogP contribution >= 0.6 is 0 Å². The van der Waals surface area contributed by atoms with Gasteiger partial charge in [-0.25, -0.2) is 0 Å². The summed E-state index contributed by atoms with van der Waals surface area (Å²) < 4.78 is 16.8. The Morgan fingerprint density at radius 1 is 0.256 bits per heavy atom. The van der Waals surface area contributed by atoms with Crippen molar-refractivity contribution in [2.45, 2.75) is 277 Å². The minimum Gasteiger partial charge on any atom is -0.462 e. The highest BCUT2D eigenvalue weighted by Crippen LogP contribution is 2.14. The van der Waals surface area contributed by atoms with Crippen molar-refractivity contribution in [1.29, 1.82) is 0 Å². The third kappa shape index (κ3) is 65.6. The molecule has 0 spiro atoms. The maximum absolute atomic E-state index is 12.9. The molecule has 1 atom stereocenters. The second-order valence-electron chi connectivity index (χ2n) is 21.3. The second kappa shape index (κ2) is 68.3. The molecule has 0 aromatic rings. The standard InChI is InChI=1S/C76H120O6/c1-4-7-10-13-16-18-20-22-24-26-28-30-32-34-35-36-37-38-39-40-41-43-44-46-48-50-52-54-56-58-60-63-66-69-75(78)81-72-73(71-80-74(77)68-65-62-15-12-9-6-3)82-76(79)70-67-64-61-59-57-55-53-51-49-47-45-42-33-31-29-27-25-23-21-19-17-14-11-8-5-2/h7-8,10-11,16-19,22-25,28-31,34-35,37-38,40-42,44-46,49,51,73H,4-6,9,12-15,20-21,26-27,32-33,36,39,43,47-48,50,52-72H2,1-3H3/b10-7-,11-8-,18-16-,19-17-,24-22-,25-23-,30-28-,31-29-,35-34-,38-37-,41-40-,45-42-,46-44-,51-49-. The van der Waals surface area contributed by atoms with Crippen molar-refractivity contribution in [3.63, 3.8) is 0 Å². The van der Waals surface area contributed by atoms with Gasteiger partial charge in [-0.1, -0.05) is 287 Å². The van der Waals surface area contributed by atoms with Crippen molar-refractivity contribution < 1.29 is 28.6 Å². The average Bonchev–Trinajstić information content (AvgIpc) is 3.47. The zero-order chi connectivity index (χ0) is 59.2. The van der Waals surface area contributed by atoms with Gasteiger partial charge in [0.05, 0.1) is 0 Å². The molecule has 0 saturated heterocycles. The third-order valence-corrected chi connectivity index (χ3v) is 13.5. The molecule has 0 saturated carbocycles. The highest BCUT2D eigenvalue weighted by atomic mass is 16.6. The molecule has 0 aliphatic rings. The lowest BCUT2D eigenvalue weighted by molar-refractivity contribution is -0.167. The summed E-state index contributed by atoms with van der Waals surface area (Å²) in [6.07, 6.45) is 101. The van der Waals surface area contributed by atoms with Gasteiger partial charge in [0.25, 0.3) is 0 Å². The van der Waals surface area contributed by atoms with E-state index in [9.17, 15) is 14.4 Å². The van der Waals surface area contributed by atoms with Crippen LogP contribution in [0.3, 0.4) is 0 Å². The molecule has 0 bridgehead atoms. The summed E-state index contributed by atoms with van der Waals surface area (Å²) >= 11 is 0. The van der Waals surface area contributed by atoms with Crippen molar-refractivity contribution in [3.05, 3.63) is 170 Å². The molecule has 0 N–H and O–H groups in total. The first-order valence-electron chi connectivity index (χ1n) is 33.1. The van der Waals surface area contributed by atoms with Gasteiger partial charge in [-0.3, -0.25) is 14.4 Å². The number of esters is 3. The highest BCUT2D eigenvalue weighted by Gasteiger charge is 2.19. The van der Waals surface area contributed by atoms with Gasteiger partial charge in [0.15, 0.2) is 6.10 Å². The van der Waals surface area contributed by atoms with E-state index in [2.05, 4.69) is 191 Å². The van der Waals surface area contributed by atoms with Crippen LogP contribution in [0, 0.1) is 0 Å². The first kappa shape index (κ1) is 76.8. The van der Waals surface area contributed by atoms with E-state index in [1.54, 1.807) is 0 Å². The molecule has 6 nitrogen and oxygen atoms in total. The Morgan fingerprint density at radius 3 is 0.744 bits per heavy atom. The van der Waals surface area contributed by atoms with Gasteiger partial charge in [-0.2, -0.15) is 0 Å². The SMILES string of the molecule is CC/C=C\C/C=C\C/C=C\C/C=C\C/C=C\C/C=C\C/C=C\C/C=C\CCCCCCCCCCC(=O)OCC(COC(=O)CCCCCCCC)OC(=O)CCCCCCCC/C=C\C/C=C\C/C=C\C/C=C\C/C=C\C/C=C\CC. The molecule has 0 amide bonds. The Balaban J connectivity index is 4.17. The molecule has 0 fully saturated rings. The van der Waals surface area contributed by atoms with Crippen LogP contribution in [0.25, 0.3) is 0 Å². The van der Waals surface area contributed by atoms with Gasteiger partial charge < -0.3 is 14.2 Å². The molecule has 460 valence electrons. The van der Waals surface area contributed by atoms with Gasteiger partial charge in [0, 0.05) is 19.3 Å². The average molecular weight is 1130 g/mol. The van der Waals surface area contributed by atoms with Crippen LogP contribution in [0.4, 0.5) is 0 Å². The molecule has 0 aromatic carbocycles. The lowest BCUT2D eigenvalue weighted by Gasteiger charge is -2.18. The molecular weight excluding hydrogens is 1010 g/mol. The van der Waals surface area contributed by atoms with Gasteiger partial charge in [0.2, 0.25) is 0 Å². The van der Waals surface area contributed by atoms with Crippen molar-refractivity contribution >= 4 is 17.9 Å². The van der Waals surface area contributed by atoms with Gasteiger partial charge in [-0.15, -0.1) is 0 Å². The lowest BCUT2D eigenvalue weighted by Crippen LogP contribution is -2.30. The predicted octanol–water partition coefficient (Wildman–Crippen LogP) is 23.0. The van der Waals surface area contributed by atoms with E-state index < -0.39 is 6.10 Å². The molecule has 0 aromatic heterocycles. The molecule has 0 aliphatic heterocycles. The maximum atomic E-state index is 12.9. The molecule has 6 heteroatoms.